The van der Waals surface area contributed by atoms with Crippen molar-refractivity contribution in [1.29, 1.82) is 0 Å². The maximum absolute atomic E-state index is 11.9. The fourth-order valence-corrected chi connectivity index (χ4v) is 3.13. The molecule has 3 nitrogen and oxygen atoms in total. The number of hydrogen-bond donors (Lipinski definition) is 1. The van der Waals surface area contributed by atoms with Gasteiger partial charge in [-0.1, -0.05) is 37.6 Å². The fraction of sp³-hybridized carbons (Fsp3) is 0.467. The molecule has 0 aliphatic carbocycles. The van der Waals surface area contributed by atoms with Crippen LogP contribution < -0.4 is 5.32 Å². The summed E-state index contributed by atoms with van der Waals surface area (Å²) in [7, 11) is 0. The Balaban J connectivity index is 2.25. The predicted octanol–water partition coefficient (Wildman–Crippen LogP) is 2.96. The predicted molar refractivity (Wildman–Crippen MR) is 74.8 cm³/mol. The highest BCUT2D eigenvalue weighted by Gasteiger charge is 2.43. The fourth-order valence-electron chi connectivity index (χ4n) is 3.01. The number of carbonyl (C=O) groups is 2. The van der Waals surface area contributed by atoms with Crippen LogP contribution >= 0.6 is 11.6 Å². The molecule has 1 aliphatic heterocycles. The van der Waals surface area contributed by atoms with Crippen molar-refractivity contribution in [1.82, 2.24) is 5.32 Å². The van der Waals surface area contributed by atoms with Crippen molar-refractivity contribution in [3.05, 3.63) is 34.9 Å². The van der Waals surface area contributed by atoms with Gasteiger partial charge in [-0.15, -0.1) is 0 Å². The van der Waals surface area contributed by atoms with E-state index in [0.717, 1.165) is 12.0 Å². The summed E-state index contributed by atoms with van der Waals surface area (Å²) in [5, 5.41) is 3.12. The second-order valence-corrected chi connectivity index (χ2v) is 5.94. The number of piperidine rings is 1. The van der Waals surface area contributed by atoms with Crippen LogP contribution in [0.1, 0.15) is 32.3 Å². The number of benzene rings is 1. The highest BCUT2D eigenvalue weighted by atomic mass is 35.5. The Hall–Kier alpha value is -1.35. The van der Waals surface area contributed by atoms with Gasteiger partial charge < -0.3 is 0 Å². The zero-order chi connectivity index (χ0) is 14.0. The molecule has 19 heavy (non-hydrogen) atoms. The number of nitrogens with one attached hydrogen (secondary N) is 1. The molecule has 0 bridgehead atoms. The van der Waals surface area contributed by atoms with Gasteiger partial charge in [-0.2, -0.15) is 0 Å². The Morgan fingerprint density at radius 1 is 1.32 bits per heavy atom. The summed E-state index contributed by atoms with van der Waals surface area (Å²) in [5.41, 5.74) is 0.787. The van der Waals surface area contributed by atoms with E-state index < -0.39 is 0 Å². The van der Waals surface area contributed by atoms with Gasteiger partial charge in [0.15, 0.2) is 0 Å². The Morgan fingerprint density at radius 3 is 2.53 bits per heavy atom. The van der Waals surface area contributed by atoms with E-state index in [1.165, 1.54) is 0 Å². The molecule has 0 aromatic heterocycles. The Labute approximate surface area is 118 Å². The second kappa shape index (κ2) is 5.33. The van der Waals surface area contributed by atoms with Gasteiger partial charge in [0.1, 0.15) is 0 Å². The highest BCUT2D eigenvalue weighted by molar-refractivity contribution is 6.30. The van der Waals surface area contributed by atoms with E-state index in [2.05, 4.69) is 5.32 Å². The first kappa shape index (κ1) is 14.1. The minimum Gasteiger partial charge on any atom is -0.296 e. The van der Waals surface area contributed by atoms with Gasteiger partial charge in [-0.05, 0) is 36.0 Å². The van der Waals surface area contributed by atoms with Gasteiger partial charge >= 0.3 is 0 Å². The van der Waals surface area contributed by atoms with Crippen LogP contribution in [0.5, 0.6) is 0 Å². The van der Waals surface area contributed by atoms with Gasteiger partial charge in [0.2, 0.25) is 11.8 Å². The number of carbonyl (C=O) groups excluding carboxylic acids is 2. The third-order valence-electron chi connectivity index (χ3n) is 3.91. The molecule has 1 saturated heterocycles. The van der Waals surface area contributed by atoms with Crippen molar-refractivity contribution >= 4 is 23.4 Å². The van der Waals surface area contributed by atoms with Crippen LogP contribution in [0.2, 0.25) is 5.02 Å². The van der Waals surface area contributed by atoms with Crippen molar-refractivity contribution in [2.75, 3.05) is 0 Å². The summed E-state index contributed by atoms with van der Waals surface area (Å²) < 4.78 is 0. The Bertz CT molecular complexity index is 497. The van der Waals surface area contributed by atoms with E-state index in [1.807, 2.05) is 38.1 Å². The topological polar surface area (TPSA) is 46.2 Å². The molecule has 0 radical (unpaired) electrons. The van der Waals surface area contributed by atoms with Crippen LogP contribution in [-0.2, 0) is 16.0 Å². The normalized spacial score (nSPS) is 27.2. The summed E-state index contributed by atoms with van der Waals surface area (Å²) in [5.74, 6) is -0.442. The average molecular weight is 280 g/mol. The van der Waals surface area contributed by atoms with Gasteiger partial charge in [0.25, 0.3) is 0 Å². The van der Waals surface area contributed by atoms with Crippen molar-refractivity contribution in [2.45, 2.75) is 33.1 Å². The molecule has 2 atom stereocenters. The molecule has 2 amide bonds. The molecule has 1 aromatic rings. The molecule has 2 unspecified atom stereocenters. The lowest BCUT2D eigenvalue weighted by Gasteiger charge is -2.39. The van der Waals surface area contributed by atoms with Crippen molar-refractivity contribution < 1.29 is 9.59 Å². The lowest BCUT2D eigenvalue weighted by Crippen LogP contribution is -2.51. The molecule has 2 rings (SSSR count). The molecular weight excluding hydrogens is 262 g/mol. The number of hydrogen-bond acceptors (Lipinski definition) is 2. The summed E-state index contributed by atoms with van der Waals surface area (Å²) in [6.07, 6.45) is 1.84. The molecule has 102 valence electrons. The smallest absolute Gasteiger partial charge is 0.230 e. The molecule has 1 fully saturated rings. The standard InChI is InChI=1S/C15H18ClNO2/c1-3-12-14(19)17-13(18)9-15(12,2)8-10-4-6-11(16)7-5-10/h4-7,12H,3,8-9H2,1-2H3,(H,17,18,19). The first-order valence-electron chi connectivity index (χ1n) is 6.53. The van der Waals surface area contributed by atoms with Crippen molar-refractivity contribution in [3.63, 3.8) is 0 Å². The lowest BCUT2D eigenvalue weighted by molar-refractivity contribution is -0.143. The van der Waals surface area contributed by atoms with E-state index in [0.29, 0.717) is 17.9 Å². The zero-order valence-electron chi connectivity index (χ0n) is 11.2. The van der Waals surface area contributed by atoms with Crippen molar-refractivity contribution in [2.24, 2.45) is 11.3 Å². The van der Waals surface area contributed by atoms with Gasteiger partial charge in [0.05, 0.1) is 0 Å². The largest absolute Gasteiger partial charge is 0.296 e. The minimum absolute atomic E-state index is 0.124. The van der Waals surface area contributed by atoms with E-state index in [-0.39, 0.29) is 23.1 Å². The van der Waals surface area contributed by atoms with Crippen LogP contribution in [-0.4, -0.2) is 11.8 Å². The van der Waals surface area contributed by atoms with E-state index >= 15 is 0 Å². The highest BCUT2D eigenvalue weighted by Crippen LogP contribution is 2.39. The lowest BCUT2D eigenvalue weighted by atomic mass is 9.67. The molecule has 1 aliphatic rings. The van der Waals surface area contributed by atoms with Gasteiger partial charge in [-0.3, -0.25) is 14.9 Å². The summed E-state index contributed by atoms with van der Waals surface area (Å²) in [4.78, 5) is 23.6. The zero-order valence-corrected chi connectivity index (χ0v) is 12.0. The molecule has 4 heteroatoms. The number of rotatable bonds is 3. The van der Waals surface area contributed by atoms with E-state index in [1.54, 1.807) is 0 Å². The van der Waals surface area contributed by atoms with Crippen molar-refractivity contribution in [3.8, 4) is 0 Å². The van der Waals surface area contributed by atoms with Gasteiger partial charge in [-0.25, -0.2) is 0 Å². The van der Waals surface area contributed by atoms with Crippen LogP contribution in [0.15, 0.2) is 24.3 Å². The Kier molecular flexibility index (Phi) is 3.95. The number of imide groups is 1. The number of amides is 2. The van der Waals surface area contributed by atoms with Gasteiger partial charge in [0, 0.05) is 17.4 Å². The first-order valence-corrected chi connectivity index (χ1v) is 6.90. The maximum atomic E-state index is 11.9. The quantitative estimate of drug-likeness (QED) is 0.865. The average Bonchev–Trinajstić information content (AvgIpc) is 2.31. The molecule has 1 aromatic carbocycles. The molecule has 0 saturated carbocycles. The third kappa shape index (κ3) is 2.98. The van der Waals surface area contributed by atoms with Crippen LogP contribution in [0.25, 0.3) is 0 Å². The van der Waals surface area contributed by atoms with Crippen LogP contribution in [0, 0.1) is 11.3 Å². The van der Waals surface area contributed by atoms with Crippen LogP contribution in [0.4, 0.5) is 0 Å². The Morgan fingerprint density at radius 2 is 1.95 bits per heavy atom. The minimum atomic E-state index is -0.317. The third-order valence-corrected chi connectivity index (χ3v) is 4.17. The number of halogens is 1. The molecule has 1 N–H and O–H groups in total. The SMILES string of the molecule is CCC1C(=O)NC(=O)CC1(C)Cc1ccc(Cl)cc1. The maximum Gasteiger partial charge on any atom is 0.230 e. The monoisotopic (exact) mass is 279 g/mol. The molecule has 1 heterocycles. The summed E-state index contributed by atoms with van der Waals surface area (Å²) >= 11 is 5.87. The van der Waals surface area contributed by atoms with E-state index in [4.69, 9.17) is 11.6 Å². The summed E-state index contributed by atoms with van der Waals surface area (Å²) in [6.45, 7) is 4.01. The molecule has 0 spiro atoms. The first-order chi connectivity index (χ1) is 8.94. The van der Waals surface area contributed by atoms with Crippen LogP contribution in [0.3, 0.4) is 0 Å². The van der Waals surface area contributed by atoms with E-state index in [9.17, 15) is 9.59 Å². The second-order valence-electron chi connectivity index (χ2n) is 5.51. The summed E-state index contributed by atoms with van der Waals surface area (Å²) in [6, 6.07) is 7.59. The molecular formula is C15H18ClNO2.